The number of anilines is 3. The Morgan fingerprint density at radius 1 is 1.10 bits per heavy atom. The van der Waals surface area contributed by atoms with E-state index in [4.69, 9.17) is 33.7 Å². The van der Waals surface area contributed by atoms with Crippen molar-refractivity contribution in [3.05, 3.63) is 46.4 Å². The molecule has 2 aromatic rings. The molecule has 7 heteroatoms. The molecule has 0 spiro atoms. The van der Waals surface area contributed by atoms with Crippen LogP contribution < -0.4 is 21.1 Å². The van der Waals surface area contributed by atoms with Crippen LogP contribution in [-0.4, -0.2) is 13.1 Å². The Balaban J connectivity index is 2.08. The minimum atomic E-state index is -0.430. The lowest BCUT2D eigenvalue weighted by atomic mass is 10.3. The lowest BCUT2D eigenvalue weighted by Gasteiger charge is -2.10. The molecule has 0 saturated carbocycles. The number of amides is 2. The fraction of sp³-hybridized carbons (Fsp3) is 0.0714. The number of halogens is 2. The molecule has 0 aliphatic carbocycles. The van der Waals surface area contributed by atoms with E-state index in [0.29, 0.717) is 17.1 Å². The SMILES string of the molecule is COc1cccc(NC(=O)Nc2cc(Cl)c(N)c(Cl)c2)c1. The third-order valence-electron chi connectivity index (χ3n) is 2.66. The van der Waals surface area contributed by atoms with Crippen molar-refractivity contribution < 1.29 is 9.53 Å². The number of carbonyl (C=O) groups excluding carboxylic acids is 1. The van der Waals surface area contributed by atoms with Crippen LogP contribution in [0.4, 0.5) is 21.9 Å². The molecule has 2 amide bonds. The predicted molar refractivity (Wildman–Crippen MR) is 86.5 cm³/mol. The second-order valence-corrected chi connectivity index (χ2v) is 4.98. The Kier molecular flexibility index (Phi) is 4.77. The number of hydrogen-bond donors (Lipinski definition) is 3. The van der Waals surface area contributed by atoms with Crippen molar-refractivity contribution in [3.63, 3.8) is 0 Å². The Hall–Kier alpha value is -2.11. The van der Waals surface area contributed by atoms with Crippen LogP contribution in [0.1, 0.15) is 0 Å². The smallest absolute Gasteiger partial charge is 0.323 e. The molecule has 21 heavy (non-hydrogen) atoms. The third-order valence-corrected chi connectivity index (χ3v) is 3.29. The second-order valence-electron chi connectivity index (χ2n) is 4.16. The summed E-state index contributed by atoms with van der Waals surface area (Å²) in [5.41, 5.74) is 6.95. The molecule has 5 nitrogen and oxygen atoms in total. The Morgan fingerprint density at radius 2 is 1.71 bits per heavy atom. The van der Waals surface area contributed by atoms with Gasteiger partial charge in [0, 0.05) is 17.4 Å². The van der Waals surface area contributed by atoms with Gasteiger partial charge in [0.25, 0.3) is 0 Å². The van der Waals surface area contributed by atoms with Gasteiger partial charge in [-0.15, -0.1) is 0 Å². The van der Waals surface area contributed by atoms with E-state index < -0.39 is 6.03 Å². The van der Waals surface area contributed by atoms with Gasteiger partial charge in [0.15, 0.2) is 0 Å². The van der Waals surface area contributed by atoms with E-state index in [1.165, 1.54) is 12.1 Å². The lowest BCUT2D eigenvalue weighted by Crippen LogP contribution is -2.19. The first-order valence-corrected chi connectivity index (χ1v) is 6.72. The summed E-state index contributed by atoms with van der Waals surface area (Å²) in [4.78, 5) is 11.9. The maximum Gasteiger partial charge on any atom is 0.323 e. The van der Waals surface area contributed by atoms with Crippen LogP contribution in [0.3, 0.4) is 0 Å². The first kappa shape index (κ1) is 15.3. The topological polar surface area (TPSA) is 76.4 Å². The van der Waals surface area contributed by atoms with Gasteiger partial charge in [-0.2, -0.15) is 0 Å². The summed E-state index contributed by atoms with van der Waals surface area (Å²) in [6.07, 6.45) is 0. The monoisotopic (exact) mass is 325 g/mol. The molecule has 0 unspecified atom stereocenters. The molecule has 0 aliphatic rings. The highest BCUT2D eigenvalue weighted by Gasteiger charge is 2.08. The summed E-state index contributed by atoms with van der Waals surface area (Å²) in [6.45, 7) is 0. The number of methoxy groups -OCH3 is 1. The van der Waals surface area contributed by atoms with Gasteiger partial charge in [-0.1, -0.05) is 29.3 Å². The van der Waals surface area contributed by atoms with Gasteiger partial charge in [-0.3, -0.25) is 0 Å². The van der Waals surface area contributed by atoms with E-state index in [2.05, 4.69) is 10.6 Å². The van der Waals surface area contributed by atoms with Crippen molar-refractivity contribution in [2.75, 3.05) is 23.5 Å². The van der Waals surface area contributed by atoms with Gasteiger partial charge < -0.3 is 21.1 Å². The number of ether oxygens (including phenoxy) is 1. The molecule has 0 fully saturated rings. The predicted octanol–water partition coefficient (Wildman–Crippen LogP) is 4.23. The maximum absolute atomic E-state index is 11.9. The highest BCUT2D eigenvalue weighted by atomic mass is 35.5. The van der Waals surface area contributed by atoms with E-state index in [-0.39, 0.29) is 15.7 Å². The van der Waals surface area contributed by atoms with Crippen molar-refractivity contribution in [1.82, 2.24) is 0 Å². The number of hydrogen-bond acceptors (Lipinski definition) is 3. The molecular weight excluding hydrogens is 313 g/mol. The average molecular weight is 326 g/mol. The van der Waals surface area contributed by atoms with Crippen LogP contribution in [0, 0.1) is 0 Å². The molecule has 0 bridgehead atoms. The van der Waals surface area contributed by atoms with Crippen LogP contribution in [0.15, 0.2) is 36.4 Å². The zero-order valence-electron chi connectivity index (χ0n) is 11.1. The average Bonchev–Trinajstić information content (AvgIpc) is 2.44. The lowest BCUT2D eigenvalue weighted by molar-refractivity contribution is 0.262. The number of urea groups is 1. The molecule has 0 heterocycles. The van der Waals surface area contributed by atoms with Gasteiger partial charge in [0.05, 0.1) is 22.8 Å². The van der Waals surface area contributed by atoms with Crippen LogP contribution >= 0.6 is 23.2 Å². The molecule has 4 N–H and O–H groups in total. The zero-order valence-corrected chi connectivity index (χ0v) is 12.6. The molecule has 0 aliphatic heterocycles. The van der Waals surface area contributed by atoms with Crippen molar-refractivity contribution in [2.24, 2.45) is 0 Å². The summed E-state index contributed by atoms with van der Waals surface area (Å²) in [5.74, 6) is 0.645. The largest absolute Gasteiger partial charge is 0.497 e. The van der Waals surface area contributed by atoms with E-state index in [9.17, 15) is 4.79 Å². The third kappa shape index (κ3) is 3.93. The summed E-state index contributed by atoms with van der Waals surface area (Å²) >= 11 is 11.8. The van der Waals surface area contributed by atoms with Crippen molar-refractivity contribution in [3.8, 4) is 5.75 Å². The number of nitrogens with two attached hydrogens (primary N) is 1. The van der Waals surface area contributed by atoms with Crippen LogP contribution in [0.2, 0.25) is 10.0 Å². The van der Waals surface area contributed by atoms with Crippen molar-refractivity contribution in [1.29, 1.82) is 0 Å². The van der Waals surface area contributed by atoms with Crippen LogP contribution in [-0.2, 0) is 0 Å². The van der Waals surface area contributed by atoms with Gasteiger partial charge in [-0.05, 0) is 24.3 Å². The van der Waals surface area contributed by atoms with E-state index >= 15 is 0 Å². The molecule has 2 aromatic carbocycles. The van der Waals surface area contributed by atoms with Crippen LogP contribution in [0.5, 0.6) is 5.75 Å². The number of nitrogen functional groups attached to an aromatic ring is 1. The normalized spacial score (nSPS) is 10.0. The summed E-state index contributed by atoms with van der Waals surface area (Å²) in [7, 11) is 1.55. The highest BCUT2D eigenvalue weighted by Crippen LogP contribution is 2.31. The van der Waals surface area contributed by atoms with Crippen molar-refractivity contribution in [2.45, 2.75) is 0 Å². The fourth-order valence-electron chi connectivity index (χ4n) is 1.65. The standard InChI is InChI=1S/C14H13Cl2N3O2/c1-21-10-4-2-3-8(5-10)18-14(20)19-9-6-11(15)13(17)12(16)7-9/h2-7H,17H2,1H3,(H2,18,19,20). The fourth-order valence-corrected chi connectivity index (χ4v) is 2.14. The molecule has 2 rings (SSSR count). The molecule has 0 aromatic heterocycles. The number of benzene rings is 2. The number of nitrogens with one attached hydrogen (secondary N) is 2. The first-order valence-electron chi connectivity index (χ1n) is 5.96. The Bertz CT molecular complexity index is 654. The summed E-state index contributed by atoms with van der Waals surface area (Å²) < 4.78 is 5.08. The zero-order chi connectivity index (χ0) is 15.4. The quantitative estimate of drug-likeness (QED) is 0.739. The van der Waals surface area contributed by atoms with Crippen LogP contribution in [0.25, 0.3) is 0 Å². The summed E-state index contributed by atoms with van der Waals surface area (Å²) in [5, 5.41) is 5.85. The maximum atomic E-state index is 11.9. The Morgan fingerprint density at radius 3 is 2.33 bits per heavy atom. The molecule has 0 atom stereocenters. The number of rotatable bonds is 3. The molecule has 110 valence electrons. The van der Waals surface area contributed by atoms with Gasteiger partial charge >= 0.3 is 6.03 Å². The first-order chi connectivity index (χ1) is 9.99. The molecular formula is C14H13Cl2N3O2. The van der Waals surface area contributed by atoms with Gasteiger partial charge in [0.2, 0.25) is 0 Å². The number of carbonyl (C=O) groups is 1. The minimum absolute atomic E-state index is 0.275. The van der Waals surface area contributed by atoms with Gasteiger partial charge in [-0.25, -0.2) is 4.79 Å². The van der Waals surface area contributed by atoms with E-state index in [1.807, 2.05) is 0 Å². The van der Waals surface area contributed by atoms with E-state index in [1.54, 1.807) is 31.4 Å². The Labute approximate surface area is 132 Å². The minimum Gasteiger partial charge on any atom is -0.497 e. The van der Waals surface area contributed by atoms with Gasteiger partial charge in [0.1, 0.15) is 5.75 Å². The van der Waals surface area contributed by atoms with Crippen molar-refractivity contribution >= 4 is 46.3 Å². The molecule has 0 radical (unpaired) electrons. The second kappa shape index (κ2) is 6.56. The highest BCUT2D eigenvalue weighted by molar-refractivity contribution is 6.39. The molecule has 0 saturated heterocycles. The summed E-state index contributed by atoms with van der Waals surface area (Å²) in [6, 6.07) is 9.60. The van der Waals surface area contributed by atoms with E-state index in [0.717, 1.165) is 0 Å².